The Bertz CT molecular complexity index is 851. The van der Waals surface area contributed by atoms with E-state index in [1.165, 1.54) is 12.1 Å². The van der Waals surface area contributed by atoms with Crippen molar-refractivity contribution in [2.24, 2.45) is 0 Å². The first-order valence-electron chi connectivity index (χ1n) is 9.59. The molecule has 4 rings (SSSR count). The van der Waals surface area contributed by atoms with Crippen LogP contribution < -0.4 is 10.2 Å². The summed E-state index contributed by atoms with van der Waals surface area (Å²) in [6, 6.07) is 8.27. The van der Waals surface area contributed by atoms with Gasteiger partial charge in [0.05, 0.1) is 23.8 Å². The first-order chi connectivity index (χ1) is 13.5. The van der Waals surface area contributed by atoms with Gasteiger partial charge < -0.3 is 15.0 Å². The van der Waals surface area contributed by atoms with E-state index in [1.54, 1.807) is 30.1 Å². The second-order valence-electron chi connectivity index (χ2n) is 7.41. The van der Waals surface area contributed by atoms with Gasteiger partial charge in [-0.1, -0.05) is 0 Å². The number of rotatable bonds is 3. The van der Waals surface area contributed by atoms with Crippen molar-refractivity contribution in [2.75, 3.05) is 23.7 Å². The minimum atomic E-state index is -0.277. The number of benzene rings is 1. The van der Waals surface area contributed by atoms with Crippen molar-refractivity contribution in [3.05, 3.63) is 53.5 Å². The summed E-state index contributed by atoms with van der Waals surface area (Å²) in [6.07, 6.45) is 2.69. The molecule has 2 aliphatic heterocycles. The topological polar surface area (TPSA) is 54.5 Å². The molecule has 28 heavy (non-hydrogen) atoms. The first-order valence-corrected chi connectivity index (χ1v) is 10.6. The third-order valence-corrected chi connectivity index (χ3v) is 6.19. The molecular formula is C21H24FN3O2S. The monoisotopic (exact) mass is 401 g/mol. The van der Waals surface area contributed by atoms with Crippen molar-refractivity contribution in [1.29, 1.82) is 0 Å². The van der Waals surface area contributed by atoms with E-state index in [0.717, 1.165) is 41.5 Å². The third-order valence-electron chi connectivity index (χ3n) is 5.07. The summed E-state index contributed by atoms with van der Waals surface area (Å²) in [6.45, 7) is 5.66. The molecule has 1 N–H and O–H groups in total. The second-order valence-corrected chi connectivity index (χ2v) is 8.55. The largest absolute Gasteiger partial charge is 0.372 e. The van der Waals surface area contributed by atoms with Crippen molar-refractivity contribution in [1.82, 2.24) is 10.3 Å². The maximum Gasteiger partial charge on any atom is 0.253 e. The number of thioether (sulfide) groups is 1. The Morgan fingerprint density at radius 3 is 2.75 bits per heavy atom. The smallest absolute Gasteiger partial charge is 0.253 e. The van der Waals surface area contributed by atoms with Gasteiger partial charge in [-0.15, -0.1) is 11.8 Å². The fourth-order valence-corrected chi connectivity index (χ4v) is 4.93. The van der Waals surface area contributed by atoms with Crippen LogP contribution in [0.4, 0.5) is 10.2 Å². The fourth-order valence-electron chi connectivity index (χ4n) is 3.83. The number of carbonyl (C=O) groups excluding carboxylic acids is 1. The predicted octanol–water partition coefficient (Wildman–Crippen LogP) is 3.80. The molecule has 1 amide bonds. The van der Waals surface area contributed by atoms with Crippen LogP contribution in [-0.2, 0) is 4.74 Å². The molecule has 3 atom stereocenters. The van der Waals surface area contributed by atoms with Crippen molar-refractivity contribution in [3.8, 4) is 0 Å². The number of fused-ring (bicyclic) bond motifs is 1. The summed E-state index contributed by atoms with van der Waals surface area (Å²) >= 11 is 1.70. The molecule has 2 aromatic rings. The van der Waals surface area contributed by atoms with Gasteiger partial charge in [-0.2, -0.15) is 0 Å². The number of nitrogens with one attached hydrogen (secondary N) is 1. The quantitative estimate of drug-likeness (QED) is 0.848. The Kier molecular flexibility index (Phi) is 5.55. The molecule has 1 saturated heterocycles. The van der Waals surface area contributed by atoms with E-state index in [0.29, 0.717) is 5.56 Å². The molecule has 148 valence electrons. The Balaban J connectivity index is 1.46. The van der Waals surface area contributed by atoms with E-state index in [-0.39, 0.29) is 30.0 Å². The zero-order valence-electron chi connectivity index (χ0n) is 16.0. The summed E-state index contributed by atoms with van der Waals surface area (Å²) in [4.78, 5) is 20.4. The lowest BCUT2D eigenvalue weighted by molar-refractivity contribution is -0.00546. The predicted molar refractivity (Wildman–Crippen MR) is 108 cm³/mol. The van der Waals surface area contributed by atoms with Crippen LogP contribution in [0.2, 0.25) is 0 Å². The molecular weight excluding hydrogens is 377 g/mol. The molecule has 1 fully saturated rings. The highest BCUT2D eigenvalue weighted by atomic mass is 32.2. The number of nitrogens with zero attached hydrogens (tertiary/aromatic N) is 2. The van der Waals surface area contributed by atoms with Crippen LogP contribution in [0.25, 0.3) is 0 Å². The standard InChI is InChI=1S/C21H24FN3O2S/c1-13-11-25(12-14(2)27-13)20-6-3-15(10-23-20)21(26)24-18-7-8-28-19-5-4-16(22)9-17(18)19/h3-6,9-10,13-14,18H,7-8,11-12H2,1-2H3,(H,24,26)/t13-,14-,18+/m1/s1. The van der Waals surface area contributed by atoms with Crippen molar-refractivity contribution in [3.63, 3.8) is 0 Å². The van der Waals surface area contributed by atoms with Gasteiger partial charge in [-0.05, 0) is 56.2 Å². The average molecular weight is 402 g/mol. The Labute approximate surface area is 168 Å². The molecule has 3 heterocycles. The van der Waals surface area contributed by atoms with Gasteiger partial charge in [0.25, 0.3) is 5.91 Å². The molecule has 2 aliphatic rings. The zero-order chi connectivity index (χ0) is 19.7. The lowest BCUT2D eigenvalue weighted by atomic mass is 10.0. The van der Waals surface area contributed by atoms with Crippen LogP contribution >= 0.6 is 11.8 Å². The fraction of sp³-hybridized carbons (Fsp3) is 0.429. The van der Waals surface area contributed by atoms with Crippen LogP contribution in [0.15, 0.2) is 41.4 Å². The minimum Gasteiger partial charge on any atom is -0.372 e. The van der Waals surface area contributed by atoms with Gasteiger partial charge >= 0.3 is 0 Å². The average Bonchev–Trinajstić information content (AvgIpc) is 2.68. The van der Waals surface area contributed by atoms with Crippen LogP contribution in [0, 0.1) is 5.82 Å². The normalized spacial score (nSPS) is 24.5. The summed E-state index contributed by atoms with van der Waals surface area (Å²) < 4.78 is 19.4. The number of amides is 1. The SMILES string of the molecule is C[C@@H]1CN(c2ccc(C(=O)N[C@H]3CCSc4ccc(F)cc43)cn2)C[C@@H](C)O1. The van der Waals surface area contributed by atoms with Crippen LogP contribution in [-0.4, -0.2) is 41.9 Å². The molecule has 0 radical (unpaired) electrons. The summed E-state index contributed by atoms with van der Waals surface area (Å²) in [5.74, 6) is 1.28. The Hall–Kier alpha value is -2.12. The Morgan fingerprint density at radius 1 is 1.25 bits per heavy atom. The number of pyridine rings is 1. The first kappa shape index (κ1) is 19.2. The van der Waals surface area contributed by atoms with Gasteiger partial charge in [0, 0.05) is 29.9 Å². The van der Waals surface area contributed by atoms with Gasteiger partial charge in [-0.25, -0.2) is 9.37 Å². The summed E-state index contributed by atoms with van der Waals surface area (Å²) in [7, 11) is 0. The Morgan fingerprint density at radius 2 is 2.04 bits per heavy atom. The highest BCUT2D eigenvalue weighted by molar-refractivity contribution is 7.99. The van der Waals surface area contributed by atoms with Crippen molar-refractivity contribution in [2.45, 2.75) is 43.4 Å². The lowest BCUT2D eigenvalue weighted by Gasteiger charge is -2.36. The van der Waals surface area contributed by atoms with Gasteiger partial charge in [0.1, 0.15) is 11.6 Å². The molecule has 1 aromatic carbocycles. The number of carbonyl (C=O) groups is 1. The lowest BCUT2D eigenvalue weighted by Crippen LogP contribution is -2.45. The summed E-state index contributed by atoms with van der Waals surface area (Å²) in [5, 5.41) is 3.04. The zero-order valence-corrected chi connectivity index (χ0v) is 16.8. The number of halogens is 1. The van der Waals surface area contributed by atoms with Gasteiger partial charge in [-0.3, -0.25) is 4.79 Å². The number of ether oxygens (including phenoxy) is 1. The number of morpholine rings is 1. The molecule has 7 heteroatoms. The van der Waals surface area contributed by atoms with E-state index < -0.39 is 0 Å². The van der Waals surface area contributed by atoms with Gasteiger partial charge in [0.2, 0.25) is 0 Å². The molecule has 1 aromatic heterocycles. The van der Waals surface area contributed by atoms with Crippen LogP contribution in [0.3, 0.4) is 0 Å². The van der Waals surface area contributed by atoms with Crippen molar-refractivity contribution >= 4 is 23.5 Å². The number of aromatic nitrogens is 1. The van der Waals surface area contributed by atoms with E-state index in [4.69, 9.17) is 4.74 Å². The molecule has 5 nitrogen and oxygen atoms in total. The van der Waals surface area contributed by atoms with E-state index in [9.17, 15) is 9.18 Å². The molecule has 0 spiro atoms. The second kappa shape index (κ2) is 8.09. The maximum absolute atomic E-state index is 13.7. The highest BCUT2D eigenvalue weighted by Crippen LogP contribution is 2.36. The number of anilines is 1. The van der Waals surface area contributed by atoms with Crippen LogP contribution in [0.1, 0.15) is 42.2 Å². The van der Waals surface area contributed by atoms with Crippen molar-refractivity contribution < 1.29 is 13.9 Å². The number of hydrogen-bond donors (Lipinski definition) is 1. The molecule has 0 bridgehead atoms. The molecule has 0 aliphatic carbocycles. The van der Waals surface area contributed by atoms with Gasteiger partial charge in [0.15, 0.2) is 0 Å². The highest BCUT2D eigenvalue weighted by Gasteiger charge is 2.25. The summed E-state index contributed by atoms with van der Waals surface area (Å²) in [5.41, 5.74) is 1.36. The maximum atomic E-state index is 13.7. The van der Waals surface area contributed by atoms with Crippen LogP contribution in [0.5, 0.6) is 0 Å². The molecule has 0 saturated carbocycles. The van der Waals surface area contributed by atoms with E-state index in [1.807, 2.05) is 19.9 Å². The minimum absolute atomic E-state index is 0.151. The van der Waals surface area contributed by atoms with E-state index in [2.05, 4.69) is 15.2 Å². The number of hydrogen-bond acceptors (Lipinski definition) is 5. The van der Waals surface area contributed by atoms with E-state index >= 15 is 0 Å². The molecule has 0 unspecified atom stereocenters. The third kappa shape index (κ3) is 4.15.